The molecular formula is C13H24N2O5S2. The van der Waals surface area contributed by atoms with Crippen molar-refractivity contribution in [1.82, 2.24) is 9.62 Å². The molecule has 2 aliphatic rings. The molecule has 1 amide bonds. The van der Waals surface area contributed by atoms with Crippen LogP contribution in [0.5, 0.6) is 0 Å². The lowest BCUT2D eigenvalue weighted by Gasteiger charge is -2.32. The van der Waals surface area contributed by atoms with Gasteiger partial charge in [-0.3, -0.25) is 4.79 Å². The lowest BCUT2D eigenvalue weighted by molar-refractivity contribution is -0.133. The summed E-state index contributed by atoms with van der Waals surface area (Å²) in [4.78, 5) is 14.2. The van der Waals surface area contributed by atoms with Gasteiger partial charge in [-0.25, -0.2) is 21.6 Å². The molecular weight excluding hydrogens is 328 g/mol. The van der Waals surface area contributed by atoms with Crippen molar-refractivity contribution in [3.05, 3.63) is 0 Å². The highest BCUT2D eigenvalue weighted by molar-refractivity contribution is 7.94. The third kappa shape index (κ3) is 3.16. The van der Waals surface area contributed by atoms with E-state index < -0.39 is 41.8 Å². The minimum Gasteiger partial charge on any atom is -0.337 e. The summed E-state index contributed by atoms with van der Waals surface area (Å²) < 4.78 is 49.1. The number of hydrogen-bond acceptors (Lipinski definition) is 5. The summed E-state index contributed by atoms with van der Waals surface area (Å²) in [5, 5.41) is -0.423. The molecule has 0 aromatic heterocycles. The Morgan fingerprint density at radius 2 is 1.77 bits per heavy atom. The molecule has 0 spiro atoms. The van der Waals surface area contributed by atoms with Gasteiger partial charge in [0.25, 0.3) is 0 Å². The van der Waals surface area contributed by atoms with E-state index in [0.717, 1.165) is 0 Å². The van der Waals surface area contributed by atoms with Gasteiger partial charge >= 0.3 is 0 Å². The second kappa shape index (κ2) is 5.76. The second-order valence-electron chi connectivity index (χ2n) is 6.53. The van der Waals surface area contributed by atoms with Crippen LogP contribution in [0, 0.1) is 0 Å². The summed E-state index contributed by atoms with van der Waals surface area (Å²) >= 11 is 0. The van der Waals surface area contributed by atoms with Crippen LogP contribution in [-0.2, 0) is 24.7 Å². The van der Waals surface area contributed by atoms with Gasteiger partial charge in [-0.15, -0.1) is 0 Å². The Kier molecular flexibility index (Phi) is 4.63. The zero-order chi connectivity index (χ0) is 16.8. The van der Waals surface area contributed by atoms with E-state index in [1.54, 1.807) is 0 Å². The van der Waals surface area contributed by atoms with Gasteiger partial charge in [-0.2, -0.15) is 0 Å². The number of carbonyl (C=O) groups is 1. The van der Waals surface area contributed by atoms with Gasteiger partial charge in [0, 0.05) is 12.6 Å². The maximum atomic E-state index is 12.8. The Balaban J connectivity index is 2.20. The number of carbonyl (C=O) groups excluding carboxylic acids is 1. The van der Waals surface area contributed by atoms with Crippen molar-refractivity contribution in [2.75, 3.05) is 19.3 Å². The van der Waals surface area contributed by atoms with E-state index in [-0.39, 0.29) is 5.75 Å². The zero-order valence-electron chi connectivity index (χ0n) is 13.2. The van der Waals surface area contributed by atoms with E-state index in [9.17, 15) is 21.6 Å². The fourth-order valence-electron chi connectivity index (χ4n) is 2.88. The molecule has 0 aromatic carbocycles. The molecule has 22 heavy (non-hydrogen) atoms. The lowest BCUT2D eigenvalue weighted by Crippen LogP contribution is -2.54. The topological polar surface area (TPSA) is 101 Å². The van der Waals surface area contributed by atoms with E-state index >= 15 is 0 Å². The number of likely N-dealkylation sites (tertiary alicyclic amines) is 1. The summed E-state index contributed by atoms with van der Waals surface area (Å²) in [5.41, 5.74) is 0. The maximum absolute atomic E-state index is 12.8. The number of hydrogen-bond donors (Lipinski definition) is 1. The van der Waals surface area contributed by atoms with Crippen LogP contribution >= 0.6 is 0 Å². The van der Waals surface area contributed by atoms with Gasteiger partial charge in [0.2, 0.25) is 15.9 Å². The highest BCUT2D eigenvalue weighted by atomic mass is 32.2. The Labute approximate surface area is 132 Å². The van der Waals surface area contributed by atoms with Crippen LogP contribution in [0.3, 0.4) is 0 Å². The molecule has 1 unspecified atom stereocenters. The van der Waals surface area contributed by atoms with Gasteiger partial charge in [-0.1, -0.05) is 0 Å². The molecule has 1 heterocycles. The SMILES string of the molecule is CNS(=O)(=O)CC1CCCN1C(=O)C(C)(C)S(=O)(=O)C1CC1. The molecule has 1 aliphatic carbocycles. The van der Waals surface area contributed by atoms with Crippen LogP contribution in [-0.4, -0.2) is 63.0 Å². The van der Waals surface area contributed by atoms with Crippen LogP contribution in [0.2, 0.25) is 0 Å². The average molecular weight is 352 g/mol. The van der Waals surface area contributed by atoms with Gasteiger partial charge in [0.1, 0.15) is 4.75 Å². The molecule has 1 N–H and O–H groups in total. The molecule has 1 aliphatic heterocycles. The predicted molar refractivity (Wildman–Crippen MR) is 83.6 cm³/mol. The molecule has 0 radical (unpaired) electrons. The number of sulfonamides is 1. The molecule has 2 rings (SSSR count). The number of amides is 1. The number of nitrogens with zero attached hydrogens (tertiary/aromatic N) is 1. The van der Waals surface area contributed by atoms with Crippen molar-refractivity contribution in [2.45, 2.75) is 55.6 Å². The fourth-order valence-corrected chi connectivity index (χ4v) is 5.85. The monoisotopic (exact) mass is 352 g/mol. The molecule has 1 saturated heterocycles. The standard InChI is InChI=1S/C13H24N2O5S2/c1-13(2,22(19,20)11-6-7-11)12(16)15-8-4-5-10(15)9-21(17,18)14-3/h10-11,14H,4-9H2,1-3H3. The van der Waals surface area contributed by atoms with Crippen LogP contribution in [0.15, 0.2) is 0 Å². The smallest absolute Gasteiger partial charge is 0.243 e. The Morgan fingerprint density at radius 3 is 2.27 bits per heavy atom. The third-order valence-electron chi connectivity index (χ3n) is 4.55. The molecule has 9 heteroatoms. The van der Waals surface area contributed by atoms with E-state index in [1.165, 1.54) is 25.8 Å². The highest BCUT2D eigenvalue weighted by Gasteiger charge is 2.53. The molecule has 0 aromatic rings. The number of sulfone groups is 1. The van der Waals surface area contributed by atoms with Gasteiger partial charge in [0.05, 0.1) is 11.0 Å². The van der Waals surface area contributed by atoms with Crippen LogP contribution in [0.1, 0.15) is 39.5 Å². The van der Waals surface area contributed by atoms with E-state index in [2.05, 4.69) is 4.72 Å². The molecule has 2 fully saturated rings. The van der Waals surface area contributed by atoms with Crippen LogP contribution < -0.4 is 4.72 Å². The van der Waals surface area contributed by atoms with Crippen molar-refractivity contribution in [3.63, 3.8) is 0 Å². The minimum atomic E-state index is -3.53. The summed E-state index contributed by atoms with van der Waals surface area (Å²) in [5.74, 6) is -0.664. The minimum absolute atomic E-state index is 0.186. The summed E-state index contributed by atoms with van der Waals surface area (Å²) in [6.45, 7) is 3.28. The molecule has 7 nitrogen and oxygen atoms in total. The first-order valence-electron chi connectivity index (χ1n) is 7.48. The van der Waals surface area contributed by atoms with Gasteiger partial charge in [0.15, 0.2) is 9.84 Å². The first kappa shape index (κ1) is 17.7. The predicted octanol–water partition coefficient (Wildman–Crippen LogP) is -0.118. The number of rotatable bonds is 6. The lowest BCUT2D eigenvalue weighted by atomic mass is 10.1. The molecule has 1 atom stereocenters. The van der Waals surface area contributed by atoms with Crippen molar-refractivity contribution in [2.24, 2.45) is 0 Å². The summed E-state index contributed by atoms with van der Waals surface area (Å²) in [6.07, 6.45) is 2.48. The first-order chi connectivity index (χ1) is 10.0. The van der Waals surface area contributed by atoms with E-state index in [4.69, 9.17) is 0 Å². The van der Waals surface area contributed by atoms with Crippen molar-refractivity contribution in [1.29, 1.82) is 0 Å². The summed E-state index contributed by atoms with van der Waals surface area (Å²) in [6, 6.07) is -0.460. The van der Waals surface area contributed by atoms with Gasteiger partial charge < -0.3 is 4.90 Å². The van der Waals surface area contributed by atoms with Crippen molar-refractivity contribution >= 4 is 25.8 Å². The van der Waals surface area contributed by atoms with E-state index in [0.29, 0.717) is 32.2 Å². The Hall–Kier alpha value is -0.670. The summed E-state index contributed by atoms with van der Waals surface area (Å²) in [7, 11) is -5.65. The normalized spacial score (nSPS) is 23.8. The van der Waals surface area contributed by atoms with Crippen LogP contribution in [0.4, 0.5) is 0 Å². The Morgan fingerprint density at radius 1 is 1.18 bits per heavy atom. The van der Waals surface area contributed by atoms with Gasteiger partial charge in [-0.05, 0) is 46.6 Å². The maximum Gasteiger partial charge on any atom is 0.243 e. The van der Waals surface area contributed by atoms with E-state index in [1.807, 2.05) is 0 Å². The molecule has 0 bridgehead atoms. The number of nitrogens with one attached hydrogen (secondary N) is 1. The van der Waals surface area contributed by atoms with Crippen molar-refractivity contribution in [3.8, 4) is 0 Å². The first-order valence-corrected chi connectivity index (χ1v) is 10.7. The highest BCUT2D eigenvalue weighted by Crippen LogP contribution is 2.38. The fraction of sp³-hybridized carbons (Fsp3) is 0.923. The quantitative estimate of drug-likeness (QED) is 0.718. The third-order valence-corrected chi connectivity index (χ3v) is 8.94. The Bertz CT molecular complexity index is 650. The second-order valence-corrected chi connectivity index (χ2v) is 11.3. The molecule has 1 saturated carbocycles. The largest absolute Gasteiger partial charge is 0.337 e. The van der Waals surface area contributed by atoms with Crippen LogP contribution in [0.25, 0.3) is 0 Å². The molecule has 128 valence electrons. The average Bonchev–Trinajstić information content (AvgIpc) is 3.20. The zero-order valence-corrected chi connectivity index (χ0v) is 14.8. The van der Waals surface area contributed by atoms with Crippen molar-refractivity contribution < 1.29 is 21.6 Å².